The monoisotopic (exact) mass is 673 g/mol. The first-order valence-electron chi connectivity index (χ1n) is 16.2. The minimum absolute atomic E-state index is 0.0137. The van der Waals surface area contributed by atoms with Gasteiger partial charge in [0.25, 0.3) is 5.91 Å². The average molecular weight is 675 g/mol. The fraction of sp³-hybridized carbons (Fsp3) is 0.368. The van der Waals surface area contributed by atoms with Crippen LogP contribution in [0.25, 0.3) is 0 Å². The molecule has 0 saturated carbocycles. The van der Waals surface area contributed by atoms with Gasteiger partial charge in [-0.2, -0.15) is 5.26 Å². The highest BCUT2D eigenvalue weighted by molar-refractivity contribution is 7.12. The van der Waals surface area contributed by atoms with E-state index in [1.54, 1.807) is 29.5 Å². The number of amides is 1. The van der Waals surface area contributed by atoms with Gasteiger partial charge in [0.1, 0.15) is 11.8 Å². The number of benzene rings is 3. The third-order valence-corrected chi connectivity index (χ3v) is 11.0. The Bertz CT molecular complexity index is 1670. The molecule has 0 fully saturated rings. The van der Waals surface area contributed by atoms with Gasteiger partial charge >= 0.3 is 0 Å². The van der Waals surface area contributed by atoms with Crippen molar-refractivity contribution in [1.29, 1.82) is 5.26 Å². The van der Waals surface area contributed by atoms with Crippen LogP contribution in [0, 0.1) is 17.2 Å². The maximum atomic E-state index is 12.6. The van der Waals surface area contributed by atoms with Crippen LogP contribution in [0.5, 0.6) is 5.75 Å². The van der Waals surface area contributed by atoms with Crippen LogP contribution in [0.15, 0.2) is 72.8 Å². The van der Waals surface area contributed by atoms with Gasteiger partial charge in [-0.15, -0.1) is 11.3 Å². The third kappa shape index (κ3) is 8.72. The molecule has 0 spiro atoms. The van der Waals surface area contributed by atoms with Crippen LogP contribution in [-0.4, -0.2) is 35.0 Å². The number of carbonyl (C=O) groups excluding carboxylic acids is 1. The molecule has 1 heterocycles. The van der Waals surface area contributed by atoms with E-state index in [4.69, 9.17) is 23.2 Å². The van der Waals surface area contributed by atoms with Crippen molar-refractivity contribution in [2.24, 2.45) is 5.92 Å². The van der Waals surface area contributed by atoms with Crippen LogP contribution in [0.2, 0.25) is 10.0 Å². The Morgan fingerprint density at radius 1 is 1.11 bits per heavy atom. The number of phenols is 1. The SMILES string of the molecule is CCC(CCc1sc2c(c1C#N)CCC(N(CCCc1ccccc1)Cc1ccc(Cl)cc1Cl)C2)CNC(=O)c1ccccc1O. The number of thiophene rings is 1. The molecule has 5 nitrogen and oxygen atoms in total. The van der Waals surface area contributed by atoms with Gasteiger partial charge in [-0.25, -0.2) is 0 Å². The Labute approximate surface area is 286 Å². The summed E-state index contributed by atoms with van der Waals surface area (Å²) in [6, 6.07) is 25.9. The zero-order valence-corrected chi connectivity index (χ0v) is 28.6. The second-order valence-corrected chi connectivity index (χ2v) is 14.2. The fourth-order valence-electron chi connectivity index (χ4n) is 6.42. The van der Waals surface area contributed by atoms with Gasteiger partial charge in [0.2, 0.25) is 0 Å². The number of halogens is 2. The summed E-state index contributed by atoms with van der Waals surface area (Å²) in [7, 11) is 0. The quantitative estimate of drug-likeness (QED) is 0.140. The van der Waals surface area contributed by atoms with Crippen LogP contribution < -0.4 is 5.32 Å². The van der Waals surface area contributed by atoms with E-state index in [1.165, 1.54) is 22.1 Å². The highest BCUT2D eigenvalue weighted by Gasteiger charge is 2.29. The van der Waals surface area contributed by atoms with Gasteiger partial charge in [-0.3, -0.25) is 9.69 Å². The van der Waals surface area contributed by atoms with Crippen molar-refractivity contribution >= 4 is 40.4 Å². The van der Waals surface area contributed by atoms with Crippen LogP contribution in [0.1, 0.15) is 75.0 Å². The van der Waals surface area contributed by atoms with Gasteiger partial charge in [0.15, 0.2) is 0 Å². The van der Waals surface area contributed by atoms with Crippen LogP contribution in [-0.2, 0) is 32.2 Å². The van der Waals surface area contributed by atoms with Crippen molar-refractivity contribution in [3.63, 3.8) is 0 Å². The lowest BCUT2D eigenvalue weighted by molar-refractivity contribution is 0.0943. The molecule has 1 amide bonds. The zero-order chi connectivity index (χ0) is 32.5. The van der Waals surface area contributed by atoms with Gasteiger partial charge in [0, 0.05) is 38.9 Å². The fourth-order valence-corrected chi connectivity index (χ4v) is 8.28. The Morgan fingerprint density at radius 2 is 1.89 bits per heavy atom. The standard InChI is InChI=1S/C38H41Cl2N3O2S/c1-2-26(24-42-38(45)32-12-6-7-13-35(32)44)14-19-36-33(23-41)31-18-17-30(22-37(31)46-36)43(20-8-11-27-9-4-3-5-10-27)25-28-15-16-29(39)21-34(28)40/h3-7,9-10,12-13,15-16,21,26,30,44H,2,8,11,14,17-20,22,24-25H2,1H3,(H,42,45). The van der Waals surface area contributed by atoms with Crippen molar-refractivity contribution in [2.75, 3.05) is 13.1 Å². The van der Waals surface area contributed by atoms with E-state index >= 15 is 0 Å². The molecule has 2 unspecified atom stereocenters. The summed E-state index contributed by atoms with van der Waals surface area (Å²) in [5.74, 6) is -0.00207. The van der Waals surface area contributed by atoms with Gasteiger partial charge < -0.3 is 10.4 Å². The van der Waals surface area contributed by atoms with Crippen molar-refractivity contribution in [3.05, 3.63) is 120 Å². The molecule has 8 heteroatoms. The first kappa shape index (κ1) is 34.0. The maximum Gasteiger partial charge on any atom is 0.255 e. The van der Waals surface area contributed by atoms with E-state index in [-0.39, 0.29) is 23.1 Å². The predicted molar refractivity (Wildman–Crippen MR) is 189 cm³/mol. The largest absolute Gasteiger partial charge is 0.507 e. The molecule has 4 aromatic rings. The van der Waals surface area contributed by atoms with Crippen LogP contribution >= 0.6 is 34.5 Å². The number of fused-ring (bicyclic) bond motifs is 1. The number of nitrogens with one attached hydrogen (secondary N) is 1. The Kier molecular flexibility index (Phi) is 12.2. The van der Waals surface area contributed by atoms with Crippen LogP contribution in [0.4, 0.5) is 0 Å². The number of nitrogens with zero attached hydrogens (tertiary/aromatic N) is 2. The lowest BCUT2D eigenvalue weighted by Crippen LogP contribution is -2.39. The number of aryl methyl sites for hydroxylation is 2. The van der Waals surface area contributed by atoms with Gasteiger partial charge in [-0.05, 0) is 98.4 Å². The minimum Gasteiger partial charge on any atom is -0.507 e. The van der Waals surface area contributed by atoms with Crippen molar-refractivity contribution in [3.8, 4) is 11.8 Å². The molecular weight excluding hydrogens is 633 g/mol. The summed E-state index contributed by atoms with van der Waals surface area (Å²) in [5.41, 5.74) is 4.82. The second kappa shape index (κ2) is 16.5. The first-order chi connectivity index (χ1) is 22.4. The van der Waals surface area contributed by atoms with Crippen LogP contribution in [0.3, 0.4) is 0 Å². The van der Waals surface area contributed by atoms with E-state index < -0.39 is 0 Å². The van der Waals surface area contributed by atoms with E-state index in [0.29, 0.717) is 22.6 Å². The molecule has 0 aliphatic heterocycles. The molecular formula is C38H41Cl2N3O2S. The second-order valence-electron chi connectivity index (χ2n) is 12.1. The number of hydrogen-bond acceptors (Lipinski definition) is 5. The van der Waals surface area contributed by atoms with E-state index in [9.17, 15) is 15.2 Å². The minimum atomic E-state index is -0.264. The molecule has 0 bridgehead atoms. The number of carbonyl (C=O) groups is 1. The molecule has 0 radical (unpaired) electrons. The molecule has 3 aromatic carbocycles. The summed E-state index contributed by atoms with van der Waals surface area (Å²) in [6.07, 6.45) is 7.53. The molecule has 0 saturated heterocycles. The number of nitriles is 1. The Balaban J connectivity index is 1.25. The summed E-state index contributed by atoms with van der Waals surface area (Å²) < 4.78 is 0. The molecule has 1 aliphatic carbocycles. The molecule has 1 aromatic heterocycles. The van der Waals surface area contributed by atoms with E-state index in [1.807, 2.05) is 18.2 Å². The normalized spacial score (nSPS) is 14.9. The number of para-hydroxylation sites is 1. The molecule has 5 rings (SSSR count). The Hall–Kier alpha value is -3.34. The lowest BCUT2D eigenvalue weighted by atomic mass is 9.89. The number of aromatic hydroxyl groups is 1. The molecule has 240 valence electrons. The molecule has 46 heavy (non-hydrogen) atoms. The van der Waals surface area contributed by atoms with Crippen molar-refractivity contribution in [2.45, 2.75) is 70.9 Å². The number of rotatable bonds is 14. The average Bonchev–Trinajstić information content (AvgIpc) is 3.42. The van der Waals surface area contributed by atoms with E-state index in [2.05, 4.69) is 53.5 Å². The smallest absolute Gasteiger partial charge is 0.255 e. The Morgan fingerprint density at radius 3 is 2.63 bits per heavy atom. The highest BCUT2D eigenvalue weighted by atomic mass is 35.5. The maximum absolute atomic E-state index is 12.6. The number of phenolic OH excluding ortho intramolecular Hbond substituents is 1. The zero-order valence-electron chi connectivity index (χ0n) is 26.3. The lowest BCUT2D eigenvalue weighted by Gasteiger charge is -2.35. The summed E-state index contributed by atoms with van der Waals surface area (Å²) in [6.45, 7) is 4.38. The molecule has 1 aliphatic rings. The first-order valence-corrected chi connectivity index (χ1v) is 17.7. The summed E-state index contributed by atoms with van der Waals surface area (Å²) >= 11 is 14.6. The topological polar surface area (TPSA) is 76.4 Å². The highest BCUT2D eigenvalue weighted by Crippen LogP contribution is 2.37. The number of hydrogen-bond donors (Lipinski definition) is 2. The van der Waals surface area contributed by atoms with E-state index in [0.717, 1.165) is 80.5 Å². The van der Waals surface area contributed by atoms with Crippen molar-refractivity contribution in [1.82, 2.24) is 10.2 Å². The molecule has 2 N–H and O–H groups in total. The van der Waals surface area contributed by atoms with Gasteiger partial charge in [-0.1, -0.05) is 85.1 Å². The summed E-state index contributed by atoms with van der Waals surface area (Å²) in [4.78, 5) is 17.7. The van der Waals surface area contributed by atoms with Crippen molar-refractivity contribution < 1.29 is 9.90 Å². The summed E-state index contributed by atoms with van der Waals surface area (Å²) in [5, 5.41) is 24.6. The molecule has 2 atom stereocenters. The predicted octanol–water partition coefficient (Wildman–Crippen LogP) is 9.01. The van der Waals surface area contributed by atoms with Gasteiger partial charge in [0.05, 0.1) is 11.1 Å². The third-order valence-electron chi connectivity index (χ3n) is 9.14.